The highest BCUT2D eigenvalue weighted by Gasteiger charge is 2.12. The van der Waals surface area contributed by atoms with E-state index in [9.17, 15) is 0 Å². The molecule has 0 spiro atoms. The van der Waals surface area contributed by atoms with Crippen LogP contribution >= 0.6 is 0 Å². The first-order valence-electron chi connectivity index (χ1n) is 6.74. The van der Waals surface area contributed by atoms with Gasteiger partial charge in [-0.05, 0) is 24.6 Å². The van der Waals surface area contributed by atoms with E-state index >= 15 is 0 Å². The first-order valence-corrected chi connectivity index (χ1v) is 6.74. The Morgan fingerprint density at radius 2 is 1.95 bits per heavy atom. The fourth-order valence-corrected chi connectivity index (χ4v) is 1.98. The number of nitrogens with two attached hydrogens (primary N) is 1. The Labute approximate surface area is 119 Å². The van der Waals surface area contributed by atoms with Gasteiger partial charge in [0.05, 0.1) is 24.6 Å². The highest BCUT2D eigenvalue weighted by Crippen LogP contribution is 2.17. The highest BCUT2D eigenvalue weighted by molar-refractivity contribution is 5.33. The first kappa shape index (κ1) is 14.7. The highest BCUT2D eigenvalue weighted by atomic mass is 16.5. The lowest BCUT2D eigenvalue weighted by molar-refractivity contribution is 0.0670. The maximum absolute atomic E-state index is 6.22. The average molecular weight is 275 g/mol. The number of methoxy groups -OCH3 is 1. The molecule has 2 rings (SSSR count). The van der Waals surface area contributed by atoms with E-state index in [1.54, 1.807) is 13.3 Å². The van der Waals surface area contributed by atoms with Crippen LogP contribution in [0.2, 0.25) is 0 Å². The molecule has 1 heterocycles. The van der Waals surface area contributed by atoms with E-state index < -0.39 is 0 Å². The predicted molar refractivity (Wildman–Crippen MR) is 77.8 cm³/mol. The number of hydrogen-bond donors (Lipinski definition) is 1. The molecule has 0 saturated carbocycles. The third kappa shape index (κ3) is 3.90. The van der Waals surface area contributed by atoms with Crippen LogP contribution < -0.4 is 5.73 Å². The topological polar surface area (TPSA) is 62.3 Å². The van der Waals surface area contributed by atoms with Crippen LogP contribution in [0.3, 0.4) is 0 Å². The fourth-order valence-electron chi connectivity index (χ4n) is 1.98. The first-order chi connectivity index (χ1) is 9.83. The second kappa shape index (κ2) is 7.79. The van der Waals surface area contributed by atoms with Crippen LogP contribution in [-0.2, 0) is 9.47 Å². The molecule has 2 aromatic rings. The van der Waals surface area contributed by atoms with Gasteiger partial charge < -0.3 is 15.2 Å². The molecule has 5 heteroatoms. The molecule has 1 aromatic heterocycles. The average Bonchev–Trinajstić information content (AvgIpc) is 2.97. The SMILES string of the molecule is COCCOCCC(N)c1ccnn1-c1ccccc1. The smallest absolute Gasteiger partial charge is 0.0700 e. The molecule has 5 nitrogen and oxygen atoms in total. The molecule has 0 fully saturated rings. The van der Waals surface area contributed by atoms with Crippen LogP contribution in [0, 0.1) is 0 Å². The van der Waals surface area contributed by atoms with Crippen LogP contribution in [-0.4, -0.2) is 36.7 Å². The molecule has 2 N–H and O–H groups in total. The van der Waals surface area contributed by atoms with Gasteiger partial charge in [0.2, 0.25) is 0 Å². The number of aromatic nitrogens is 2. The summed E-state index contributed by atoms with van der Waals surface area (Å²) in [4.78, 5) is 0. The minimum absolute atomic E-state index is 0.0970. The Bertz CT molecular complexity index is 499. The third-order valence-corrected chi connectivity index (χ3v) is 3.06. The summed E-state index contributed by atoms with van der Waals surface area (Å²) in [7, 11) is 1.66. The zero-order chi connectivity index (χ0) is 14.2. The van der Waals surface area contributed by atoms with Crippen LogP contribution in [0.4, 0.5) is 0 Å². The second-order valence-corrected chi connectivity index (χ2v) is 4.50. The summed E-state index contributed by atoms with van der Waals surface area (Å²) >= 11 is 0. The van der Waals surface area contributed by atoms with Crippen LogP contribution in [0.1, 0.15) is 18.2 Å². The van der Waals surface area contributed by atoms with Crippen molar-refractivity contribution in [2.45, 2.75) is 12.5 Å². The standard InChI is InChI=1S/C15H21N3O2/c1-19-11-12-20-10-8-14(16)15-7-9-17-18(15)13-5-3-2-4-6-13/h2-7,9,14H,8,10-12,16H2,1H3. The fraction of sp³-hybridized carbons (Fsp3) is 0.400. The predicted octanol–water partition coefficient (Wildman–Crippen LogP) is 1.93. The monoisotopic (exact) mass is 275 g/mol. The van der Waals surface area contributed by atoms with Gasteiger partial charge in [0, 0.05) is 26.0 Å². The molecule has 20 heavy (non-hydrogen) atoms. The molecule has 1 atom stereocenters. The molecule has 0 saturated heterocycles. The van der Waals surface area contributed by atoms with E-state index in [-0.39, 0.29) is 6.04 Å². The summed E-state index contributed by atoms with van der Waals surface area (Å²) in [6.45, 7) is 1.82. The maximum Gasteiger partial charge on any atom is 0.0700 e. The molecule has 0 aliphatic heterocycles. The maximum atomic E-state index is 6.22. The van der Waals surface area contributed by atoms with Crippen LogP contribution in [0.15, 0.2) is 42.6 Å². The molecule has 0 radical (unpaired) electrons. The summed E-state index contributed by atoms with van der Waals surface area (Å²) < 4.78 is 12.3. The van der Waals surface area contributed by atoms with Crippen molar-refractivity contribution in [1.82, 2.24) is 9.78 Å². The minimum Gasteiger partial charge on any atom is -0.382 e. The number of rotatable bonds is 8. The summed E-state index contributed by atoms with van der Waals surface area (Å²) in [6, 6.07) is 11.8. The van der Waals surface area contributed by atoms with Gasteiger partial charge in [0.1, 0.15) is 0 Å². The van der Waals surface area contributed by atoms with Crippen molar-refractivity contribution < 1.29 is 9.47 Å². The number of hydrogen-bond acceptors (Lipinski definition) is 4. The van der Waals surface area contributed by atoms with Gasteiger partial charge >= 0.3 is 0 Å². The largest absolute Gasteiger partial charge is 0.382 e. The van der Waals surface area contributed by atoms with E-state index in [0.717, 1.165) is 17.8 Å². The molecule has 0 amide bonds. The minimum atomic E-state index is -0.0970. The van der Waals surface area contributed by atoms with Gasteiger partial charge in [-0.25, -0.2) is 4.68 Å². The lowest BCUT2D eigenvalue weighted by Crippen LogP contribution is -2.18. The summed E-state index contributed by atoms with van der Waals surface area (Å²) in [5, 5.41) is 4.34. The molecule has 0 aliphatic carbocycles. The van der Waals surface area contributed by atoms with Gasteiger partial charge in [-0.2, -0.15) is 5.10 Å². The van der Waals surface area contributed by atoms with Crippen LogP contribution in [0.25, 0.3) is 5.69 Å². The summed E-state index contributed by atoms with van der Waals surface area (Å²) in [5.74, 6) is 0. The van der Waals surface area contributed by atoms with E-state index in [4.69, 9.17) is 15.2 Å². The second-order valence-electron chi connectivity index (χ2n) is 4.50. The molecule has 108 valence electrons. The van der Waals surface area contributed by atoms with E-state index in [0.29, 0.717) is 19.8 Å². The molecule has 1 unspecified atom stereocenters. The van der Waals surface area contributed by atoms with Crippen molar-refractivity contribution in [1.29, 1.82) is 0 Å². The van der Waals surface area contributed by atoms with Gasteiger partial charge in [-0.1, -0.05) is 18.2 Å². The van der Waals surface area contributed by atoms with Gasteiger partial charge in [0.15, 0.2) is 0 Å². The molecule has 1 aromatic carbocycles. The lowest BCUT2D eigenvalue weighted by Gasteiger charge is -2.14. The van der Waals surface area contributed by atoms with Crippen molar-refractivity contribution in [2.24, 2.45) is 5.73 Å². The number of nitrogens with zero attached hydrogens (tertiary/aromatic N) is 2. The van der Waals surface area contributed by atoms with Crippen molar-refractivity contribution in [3.8, 4) is 5.69 Å². The van der Waals surface area contributed by atoms with Crippen LogP contribution in [0.5, 0.6) is 0 Å². The zero-order valence-electron chi connectivity index (χ0n) is 11.7. The zero-order valence-corrected chi connectivity index (χ0v) is 11.7. The number of para-hydroxylation sites is 1. The Morgan fingerprint density at radius 1 is 1.15 bits per heavy atom. The van der Waals surface area contributed by atoms with Gasteiger partial charge in [-0.3, -0.25) is 0 Å². The van der Waals surface area contributed by atoms with Crippen molar-refractivity contribution in [3.63, 3.8) is 0 Å². The van der Waals surface area contributed by atoms with Crippen molar-refractivity contribution in [2.75, 3.05) is 26.9 Å². The summed E-state index contributed by atoms with van der Waals surface area (Å²) in [5.41, 5.74) is 8.23. The number of ether oxygens (including phenoxy) is 2. The molecule has 0 aliphatic rings. The van der Waals surface area contributed by atoms with Crippen molar-refractivity contribution >= 4 is 0 Å². The summed E-state index contributed by atoms with van der Waals surface area (Å²) in [6.07, 6.45) is 2.52. The van der Waals surface area contributed by atoms with Gasteiger partial charge in [0.25, 0.3) is 0 Å². The van der Waals surface area contributed by atoms with E-state index in [2.05, 4.69) is 5.10 Å². The third-order valence-electron chi connectivity index (χ3n) is 3.06. The van der Waals surface area contributed by atoms with E-state index in [1.165, 1.54) is 0 Å². The number of benzene rings is 1. The van der Waals surface area contributed by atoms with E-state index in [1.807, 2.05) is 41.1 Å². The quantitative estimate of drug-likeness (QED) is 0.748. The molecular weight excluding hydrogens is 254 g/mol. The molecule has 0 bridgehead atoms. The van der Waals surface area contributed by atoms with Crippen molar-refractivity contribution in [3.05, 3.63) is 48.3 Å². The Hall–Kier alpha value is -1.69. The van der Waals surface area contributed by atoms with Gasteiger partial charge in [-0.15, -0.1) is 0 Å². The Balaban J connectivity index is 1.94. The molecular formula is C15H21N3O2. The Morgan fingerprint density at radius 3 is 2.70 bits per heavy atom. The Kier molecular flexibility index (Phi) is 5.73. The normalized spacial score (nSPS) is 12.5. The lowest BCUT2D eigenvalue weighted by atomic mass is 10.1.